The first-order valence-corrected chi connectivity index (χ1v) is 13.1. The fourth-order valence-corrected chi connectivity index (χ4v) is 5.53. The molecule has 32 heavy (non-hydrogen) atoms. The van der Waals surface area contributed by atoms with Gasteiger partial charge >= 0.3 is 0 Å². The number of rotatable bonds is 10. The van der Waals surface area contributed by atoms with Gasteiger partial charge in [0.1, 0.15) is 6.54 Å². The van der Waals surface area contributed by atoms with Crippen LogP contribution in [-0.4, -0.2) is 33.2 Å². The molecule has 0 aromatic heterocycles. The van der Waals surface area contributed by atoms with Crippen LogP contribution in [0.1, 0.15) is 11.1 Å². The van der Waals surface area contributed by atoms with Gasteiger partial charge in [-0.15, -0.1) is 0 Å². The number of hydrogen-bond donors (Lipinski definition) is 1. The Bertz CT molecular complexity index is 1140. The van der Waals surface area contributed by atoms with Crippen LogP contribution in [0.4, 0.5) is 5.69 Å². The van der Waals surface area contributed by atoms with Crippen molar-refractivity contribution in [3.05, 3.63) is 95.0 Å². The van der Waals surface area contributed by atoms with Gasteiger partial charge < -0.3 is 5.32 Å². The molecule has 3 aromatic rings. The zero-order chi connectivity index (χ0) is 23.0. The van der Waals surface area contributed by atoms with Crippen molar-refractivity contribution < 1.29 is 13.2 Å². The molecule has 5 nitrogen and oxygen atoms in total. The first-order chi connectivity index (χ1) is 15.4. The molecule has 0 aliphatic heterocycles. The van der Waals surface area contributed by atoms with Gasteiger partial charge in [-0.2, -0.15) is 11.8 Å². The third kappa shape index (κ3) is 6.51. The summed E-state index contributed by atoms with van der Waals surface area (Å²) in [6.45, 7) is 2.23. The number of nitrogens with zero attached hydrogens (tertiary/aromatic N) is 1. The Morgan fingerprint density at radius 1 is 0.969 bits per heavy atom. The maximum absolute atomic E-state index is 13.2. The first kappa shape index (κ1) is 24.2. The zero-order valence-electron chi connectivity index (χ0n) is 17.7. The summed E-state index contributed by atoms with van der Waals surface area (Å²) in [5.74, 6) is 1.24. The number of sulfonamides is 1. The van der Waals surface area contributed by atoms with Crippen molar-refractivity contribution >= 4 is 45.0 Å². The van der Waals surface area contributed by atoms with Crippen LogP contribution in [0.5, 0.6) is 0 Å². The number of carbonyl (C=O) groups is 1. The van der Waals surface area contributed by atoms with E-state index in [1.807, 2.05) is 12.1 Å². The van der Waals surface area contributed by atoms with Crippen molar-refractivity contribution in [2.24, 2.45) is 0 Å². The minimum absolute atomic E-state index is 0.0762. The Morgan fingerprint density at radius 3 is 2.31 bits per heavy atom. The molecule has 0 spiro atoms. The fraction of sp³-hybridized carbons (Fsp3) is 0.208. The van der Waals surface area contributed by atoms with E-state index in [0.29, 0.717) is 17.3 Å². The molecule has 0 radical (unpaired) electrons. The molecule has 0 heterocycles. The molecule has 1 N–H and O–H groups in total. The van der Waals surface area contributed by atoms with E-state index in [2.05, 4.69) is 24.4 Å². The highest BCUT2D eigenvalue weighted by Gasteiger charge is 2.27. The molecule has 0 bridgehead atoms. The summed E-state index contributed by atoms with van der Waals surface area (Å²) in [6.07, 6.45) is 0. The smallest absolute Gasteiger partial charge is 0.264 e. The number of nitrogens with one attached hydrogen (secondary N) is 1. The maximum Gasteiger partial charge on any atom is 0.264 e. The normalized spacial score (nSPS) is 11.2. The van der Waals surface area contributed by atoms with Gasteiger partial charge in [-0.3, -0.25) is 9.10 Å². The predicted molar refractivity (Wildman–Crippen MR) is 133 cm³/mol. The van der Waals surface area contributed by atoms with Crippen molar-refractivity contribution in [1.29, 1.82) is 0 Å². The molecule has 168 valence electrons. The molecule has 3 aromatic carbocycles. The predicted octanol–water partition coefficient (Wildman–Crippen LogP) is 4.89. The average molecular weight is 489 g/mol. The number of hydrogen-bond acceptors (Lipinski definition) is 4. The van der Waals surface area contributed by atoms with Gasteiger partial charge in [-0.05, 0) is 54.4 Å². The maximum atomic E-state index is 13.2. The molecule has 0 unspecified atom stereocenters. The molecular formula is C24H25ClN2O3S2. The van der Waals surface area contributed by atoms with Crippen LogP contribution in [0.15, 0.2) is 83.8 Å². The van der Waals surface area contributed by atoms with E-state index < -0.39 is 10.0 Å². The lowest BCUT2D eigenvalue weighted by Gasteiger charge is -2.24. The Balaban J connectivity index is 1.62. The van der Waals surface area contributed by atoms with Crippen LogP contribution in [0, 0.1) is 6.92 Å². The summed E-state index contributed by atoms with van der Waals surface area (Å²) in [5, 5.41) is 3.27. The molecular weight excluding hydrogens is 464 g/mol. The fourth-order valence-electron chi connectivity index (χ4n) is 3.05. The van der Waals surface area contributed by atoms with E-state index in [0.717, 1.165) is 15.8 Å². The van der Waals surface area contributed by atoms with E-state index in [1.165, 1.54) is 35.4 Å². The van der Waals surface area contributed by atoms with Crippen LogP contribution in [0.2, 0.25) is 5.02 Å². The number of amides is 1. The molecule has 0 aliphatic carbocycles. The van der Waals surface area contributed by atoms with E-state index in [9.17, 15) is 13.2 Å². The highest BCUT2D eigenvalue weighted by atomic mass is 35.5. The Morgan fingerprint density at radius 2 is 1.62 bits per heavy atom. The molecule has 0 saturated heterocycles. The van der Waals surface area contributed by atoms with E-state index in [4.69, 9.17) is 11.6 Å². The lowest BCUT2D eigenvalue weighted by atomic mass is 10.1. The lowest BCUT2D eigenvalue weighted by Crippen LogP contribution is -2.41. The quantitative estimate of drug-likeness (QED) is 0.412. The van der Waals surface area contributed by atoms with Gasteiger partial charge in [0.15, 0.2) is 0 Å². The minimum Gasteiger partial charge on any atom is -0.354 e. The monoisotopic (exact) mass is 488 g/mol. The van der Waals surface area contributed by atoms with Gasteiger partial charge in [-0.1, -0.05) is 54.1 Å². The lowest BCUT2D eigenvalue weighted by molar-refractivity contribution is -0.119. The number of para-hydroxylation sites is 1. The average Bonchev–Trinajstić information content (AvgIpc) is 2.79. The summed E-state index contributed by atoms with van der Waals surface area (Å²) in [6, 6.07) is 22.7. The van der Waals surface area contributed by atoms with Crippen molar-refractivity contribution in [3.63, 3.8) is 0 Å². The van der Waals surface area contributed by atoms with Gasteiger partial charge in [-0.25, -0.2) is 8.42 Å². The standard InChI is InChI=1S/C24H25ClN2O3S2/c1-19-7-5-6-8-20(19)18-31-16-15-26-24(28)17-27(22-9-3-2-4-10-22)32(29,30)23-13-11-21(25)12-14-23/h2-14H,15-18H2,1H3,(H,26,28). The second-order valence-electron chi connectivity index (χ2n) is 7.13. The van der Waals surface area contributed by atoms with Crippen molar-refractivity contribution in [1.82, 2.24) is 5.32 Å². The van der Waals surface area contributed by atoms with Gasteiger partial charge in [0.2, 0.25) is 5.91 Å². The number of benzene rings is 3. The highest BCUT2D eigenvalue weighted by molar-refractivity contribution is 7.98. The number of aryl methyl sites for hydroxylation is 1. The largest absolute Gasteiger partial charge is 0.354 e. The Kier molecular flexibility index (Phi) is 8.61. The Hall–Kier alpha value is -2.48. The number of carbonyl (C=O) groups excluding carboxylic acids is 1. The van der Waals surface area contributed by atoms with Gasteiger partial charge in [0.25, 0.3) is 10.0 Å². The summed E-state index contributed by atoms with van der Waals surface area (Å²) in [5.41, 5.74) is 2.94. The van der Waals surface area contributed by atoms with Gasteiger partial charge in [0, 0.05) is 23.1 Å². The van der Waals surface area contributed by atoms with E-state index in [-0.39, 0.29) is 17.3 Å². The van der Waals surface area contributed by atoms with Crippen molar-refractivity contribution in [2.45, 2.75) is 17.6 Å². The van der Waals surface area contributed by atoms with Crippen LogP contribution < -0.4 is 9.62 Å². The topological polar surface area (TPSA) is 66.5 Å². The summed E-state index contributed by atoms with van der Waals surface area (Å²) >= 11 is 7.62. The highest BCUT2D eigenvalue weighted by Crippen LogP contribution is 2.24. The van der Waals surface area contributed by atoms with Gasteiger partial charge in [0.05, 0.1) is 10.6 Å². The van der Waals surface area contributed by atoms with Crippen molar-refractivity contribution in [2.75, 3.05) is 23.1 Å². The summed E-state index contributed by atoms with van der Waals surface area (Å²) in [4.78, 5) is 12.7. The summed E-state index contributed by atoms with van der Waals surface area (Å²) in [7, 11) is -3.93. The Labute approximate surface area is 198 Å². The molecule has 0 atom stereocenters. The second kappa shape index (κ2) is 11.4. The molecule has 0 saturated carbocycles. The van der Waals surface area contributed by atoms with Crippen LogP contribution >= 0.6 is 23.4 Å². The molecule has 3 rings (SSSR count). The molecule has 0 aliphatic rings. The second-order valence-corrected chi connectivity index (χ2v) is 10.5. The third-order valence-corrected chi connectivity index (χ3v) is 7.87. The van der Waals surface area contributed by atoms with Crippen LogP contribution in [0.25, 0.3) is 0 Å². The number of thioether (sulfide) groups is 1. The number of halogens is 1. The van der Waals surface area contributed by atoms with Crippen LogP contribution in [0.3, 0.4) is 0 Å². The van der Waals surface area contributed by atoms with E-state index >= 15 is 0 Å². The molecule has 0 fully saturated rings. The summed E-state index contributed by atoms with van der Waals surface area (Å²) < 4.78 is 27.6. The van der Waals surface area contributed by atoms with E-state index in [1.54, 1.807) is 42.1 Å². The SMILES string of the molecule is Cc1ccccc1CSCCNC(=O)CN(c1ccccc1)S(=O)(=O)c1ccc(Cl)cc1. The molecule has 8 heteroatoms. The van der Waals surface area contributed by atoms with Crippen molar-refractivity contribution in [3.8, 4) is 0 Å². The third-order valence-electron chi connectivity index (χ3n) is 4.82. The van der Waals surface area contributed by atoms with Crippen LogP contribution in [-0.2, 0) is 20.6 Å². The molecule has 1 amide bonds. The zero-order valence-corrected chi connectivity index (χ0v) is 20.1. The minimum atomic E-state index is -3.93. The number of anilines is 1. The first-order valence-electron chi connectivity index (χ1n) is 10.1.